The van der Waals surface area contributed by atoms with E-state index in [2.05, 4.69) is 55.4 Å². The Kier molecular flexibility index (Phi) is 4.97. The molecule has 1 fully saturated rings. The normalized spacial score (nSPS) is 22.7. The van der Waals surface area contributed by atoms with E-state index in [1.807, 2.05) is 0 Å². The first-order chi connectivity index (χ1) is 9.08. The molecule has 1 aliphatic rings. The number of hydrogen-bond donors (Lipinski definition) is 2. The minimum atomic E-state index is 0.0888. The van der Waals surface area contributed by atoms with Crippen LogP contribution in [0.15, 0.2) is 24.3 Å². The molecule has 0 saturated carbocycles. The molecule has 2 atom stereocenters. The van der Waals surface area contributed by atoms with Crippen molar-refractivity contribution >= 4 is 0 Å². The Bertz CT molecular complexity index is 385. The zero-order chi connectivity index (χ0) is 13.8. The van der Waals surface area contributed by atoms with Crippen LogP contribution in [0, 0.1) is 5.92 Å². The third kappa shape index (κ3) is 3.78. The fourth-order valence-electron chi connectivity index (χ4n) is 2.80. The maximum absolute atomic E-state index is 6.43. The Morgan fingerprint density at radius 3 is 2.58 bits per heavy atom. The third-order valence-electron chi connectivity index (χ3n) is 3.98. The Labute approximate surface area is 117 Å². The quantitative estimate of drug-likeness (QED) is 0.868. The van der Waals surface area contributed by atoms with Crippen LogP contribution in [-0.4, -0.2) is 37.6 Å². The van der Waals surface area contributed by atoms with Crippen LogP contribution >= 0.6 is 0 Å². The number of likely N-dealkylation sites (N-methyl/N-ethyl adjacent to an activating group) is 1. The molecule has 3 nitrogen and oxygen atoms in total. The largest absolute Gasteiger partial charge is 0.323 e. The SMILES string of the molecule is CC(C)Cc1ccc(C(N)C2CNCCN2C)cc1. The van der Waals surface area contributed by atoms with Crippen LogP contribution in [0.1, 0.15) is 31.0 Å². The first-order valence-electron chi connectivity index (χ1n) is 7.33. The van der Waals surface area contributed by atoms with Gasteiger partial charge in [0.1, 0.15) is 0 Å². The number of hydrogen-bond acceptors (Lipinski definition) is 3. The summed E-state index contributed by atoms with van der Waals surface area (Å²) < 4.78 is 0. The van der Waals surface area contributed by atoms with Crippen molar-refractivity contribution < 1.29 is 0 Å². The molecular formula is C16H27N3. The fourth-order valence-corrected chi connectivity index (χ4v) is 2.80. The average Bonchev–Trinajstić information content (AvgIpc) is 2.39. The van der Waals surface area contributed by atoms with Crippen molar-refractivity contribution in [3.8, 4) is 0 Å². The number of nitrogens with two attached hydrogens (primary N) is 1. The minimum absolute atomic E-state index is 0.0888. The van der Waals surface area contributed by atoms with Gasteiger partial charge < -0.3 is 11.1 Å². The van der Waals surface area contributed by atoms with E-state index in [1.165, 1.54) is 11.1 Å². The Morgan fingerprint density at radius 2 is 2.00 bits per heavy atom. The van der Waals surface area contributed by atoms with Crippen molar-refractivity contribution in [2.45, 2.75) is 32.4 Å². The van der Waals surface area contributed by atoms with Gasteiger partial charge in [-0.3, -0.25) is 4.90 Å². The van der Waals surface area contributed by atoms with Crippen LogP contribution in [0.2, 0.25) is 0 Å². The van der Waals surface area contributed by atoms with Crippen molar-refractivity contribution in [3.63, 3.8) is 0 Å². The van der Waals surface area contributed by atoms with Gasteiger partial charge in [0.25, 0.3) is 0 Å². The van der Waals surface area contributed by atoms with Gasteiger partial charge in [-0.25, -0.2) is 0 Å². The predicted molar refractivity (Wildman–Crippen MR) is 81.2 cm³/mol. The second-order valence-electron chi connectivity index (χ2n) is 6.12. The fraction of sp³-hybridized carbons (Fsp3) is 0.625. The summed E-state index contributed by atoms with van der Waals surface area (Å²) >= 11 is 0. The summed E-state index contributed by atoms with van der Waals surface area (Å²) in [7, 11) is 2.17. The molecule has 19 heavy (non-hydrogen) atoms. The van der Waals surface area contributed by atoms with Gasteiger partial charge in [0.05, 0.1) is 0 Å². The molecule has 0 aliphatic carbocycles. The Balaban J connectivity index is 2.04. The van der Waals surface area contributed by atoms with Crippen LogP contribution in [0.4, 0.5) is 0 Å². The summed E-state index contributed by atoms with van der Waals surface area (Å²) in [5, 5.41) is 3.43. The standard InChI is InChI=1S/C16H27N3/c1-12(2)10-13-4-6-14(7-5-13)16(17)15-11-18-8-9-19(15)3/h4-7,12,15-16,18H,8-11,17H2,1-3H3. The molecule has 2 rings (SSSR count). The van der Waals surface area contributed by atoms with Crippen LogP contribution in [0.3, 0.4) is 0 Å². The van der Waals surface area contributed by atoms with Gasteiger partial charge in [0.15, 0.2) is 0 Å². The lowest BCUT2D eigenvalue weighted by Gasteiger charge is -2.37. The van der Waals surface area contributed by atoms with Gasteiger partial charge in [0, 0.05) is 31.7 Å². The second-order valence-corrected chi connectivity index (χ2v) is 6.12. The van der Waals surface area contributed by atoms with Gasteiger partial charge in [0.2, 0.25) is 0 Å². The highest BCUT2D eigenvalue weighted by molar-refractivity contribution is 5.26. The molecule has 1 aliphatic heterocycles. The van der Waals surface area contributed by atoms with Crippen molar-refractivity contribution in [1.82, 2.24) is 10.2 Å². The summed E-state index contributed by atoms with van der Waals surface area (Å²) in [5.74, 6) is 0.702. The molecule has 1 aromatic carbocycles. The molecule has 0 aromatic heterocycles. The van der Waals surface area contributed by atoms with E-state index in [1.54, 1.807) is 0 Å². The first kappa shape index (κ1) is 14.5. The summed E-state index contributed by atoms with van der Waals surface area (Å²) in [6, 6.07) is 9.34. The van der Waals surface area contributed by atoms with E-state index in [0.29, 0.717) is 12.0 Å². The molecule has 3 heteroatoms. The average molecular weight is 261 g/mol. The molecule has 0 amide bonds. The molecule has 1 aromatic rings. The molecule has 106 valence electrons. The molecular weight excluding hydrogens is 234 g/mol. The van der Waals surface area contributed by atoms with E-state index in [0.717, 1.165) is 26.1 Å². The van der Waals surface area contributed by atoms with Crippen molar-refractivity contribution in [3.05, 3.63) is 35.4 Å². The summed E-state index contributed by atoms with van der Waals surface area (Å²) in [6.45, 7) is 7.62. The highest BCUT2D eigenvalue weighted by Crippen LogP contribution is 2.20. The zero-order valence-corrected chi connectivity index (χ0v) is 12.4. The van der Waals surface area contributed by atoms with Gasteiger partial charge in [-0.1, -0.05) is 38.1 Å². The van der Waals surface area contributed by atoms with Crippen molar-refractivity contribution in [2.24, 2.45) is 11.7 Å². The lowest BCUT2D eigenvalue weighted by atomic mass is 9.95. The van der Waals surface area contributed by atoms with E-state index < -0.39 is 0 Å². The van der Waals surface area contributed by atoms with Gasteiger partial charge >= 0.3 is 0 Å². The zero-order valence-electron chi connectivity index (χ0n) is 12.4. The Hall–Kier alpha value is -0.900. The molecule has 0 bridgehead atoms. The van der Waals surface area contributed by atoms with E-state index >= 15 is 0 Å². The van der Waals surface area contributed by atoms with E-state index in [4.69, 9.17) is 5.73 Å². The monoisotopic (exact) mass is 261 g/mol. The molecule has 0 radical (unpaired) electrons. The Morgan fingerprint density at radius 1 is 1.32 bits per heavy atom. The lowest BCUT2D eigenvalue weighted by molar-refractivity contribution is 0.174. The first-order valence-corrected chi connectivity index (χ1v) is 7.33. The highest BCUT2D eigenvalue weighted by Gasteiger charge is 2.25. The smallest absolute Gasteiger partial charge is 0.0465 e. The van der Waals surface area contributed by atoms with Crippen molar-refractivity contribution in [1.29, 1.82) is 0 Å². The van der Waals surface area contributed by atoms with Crippen LogP contribution in [-0.2, 0) is 6.42 Å². The number of piperazine rings is 1. The number of nitrogens with zero attached hydrogens (tertiary/aromatic N) is 1. The third-order valence-corrected chi connectivity index (χ3v) is 3.98. The van der Waals surface area contributed by atoms with Crippen LogP contribution < -0.4 is 11.1 Å². The summed E-state index contributed by atoms with van der Waals surface area (Å²) in [4.78, 5) is 2.36. The van der Waals surface area contributed by atoms with Gasteiger partial charge in [-0.15, -0.1) is 0 Å². The van der Waals surface area contributed by atoms with Crippen LogP contribution in [0.5, 0.6) is 0 Å². The molecule has 1 heterocycles. The number of rotatable bonds is 4. The van der Waals surface area contributed by atoms with Gasteiger partial charge in [-0.2, -0.15) is 0 Å². The number of nitrogens with one attached hydrogen (secondary N) is 1. The second kappa shape index (κ2) is 6.51. The number of benzene rings is 1. The molecule has 3 N–H and O–H groups in total. The molecule has 0 spiro atoms. The minimum Gasteiger partial charge on any atom is -0.323 e. The maximum Gasteiger partial charge on any atom is 0.0465 e. The van der Waals surface area contributed by atoms with E-state index in [-0.39, 0.29) is 6.04 Å². The van der Waals surface area contributed by atoms with Gasteiger partial charge in [-0.05, 0) is 30.5 Å². The summed E-state index contributed by atoms with van der Waals surface area (Å²) in [5.41, 5.74) is 9.08. The predicted octanol–water partition coefficient (Wildman–Crippen LogP) is 1.79. The molecule has 2 unspecified atom stereocenters. The van der Waals surface area contributed by atoms with Crippen LogP contribution in [0.25, 0.3) is 0 Å². The van der Waals surface area contributed by atoms with Crippen molar-refractivity contribution in [2.75, 3.05) is 26.7 Å². The highest BCUT2D eigenvalue weighted by atomic mass is 15.2. The topological polar surface area (TPSA) is 41.3 Å². The van der Waals surface area contributed by atoms with E-state index in [9.17, 15) is 0 Å². The maximum atomic E-state index is 6.43. The lowest BCUT2D eigenvalue weighted by Crippen LogP contribution is -2.53. The molecule has 1 saturated heterocycles. The summed E-state index contributed by atoms with van der Waals surface area (Å²) in [6.07, 6.45) is 1.14.